The lowest BCUT2D eigenvalue weighted by atomic mass is 9.40. The number of esters is 1. The molecule has 0 spiro atoms. The van der Waals surface area contributed by atoms with Gasteiger partial charge in [0, 0.05) is 23.7 Å². The number of methoxy groups -OCH3 is 1. The number of nitrogens with one attached hydrogen (secondary N) is 1. The van der Waals surface area contributed by atoms with Crippen molar-refractivity contribution in [1.82, 2.24) is 5.32 Å². The molecule has 7 heteroatoms. The van der Waals surface area contributed by atoms with Crippen molar-refractivity contribution in [3.8, 4) is 6.07 Å². The molecule has 2 fully saturated rings. The predicted octanol–water partition coefficient (Wildman–Crippen LogP) is 7.06. The summed E-state index contributed by atoms with van der Waals surface area (Å²) < 4.78 is 4.68. The van der Waals surface area contributed by atoms with Crippen LogP contribution in [-0.2, 0) is 23.9 Å². The summed E-state index contributed by atoms with van der Waals surface area (Å²) in [7, 11) is 1.31. The predicted molar refractivity (Wildman–Crippen MR) is 170 cm³/mol. The van der Waals surface area contributed by atoms with E-state index in [2.05, 4.69) is 57.7 Å². The zero-order chi connectivity index (χ0) is 32.9. The molecule has 4 rings (SSSR count). The maximum Gasteiger partial charge on any atom is 0.325 e. The fourth-order valence-electron chi connectivity index (χ4n) is 10.1. The minimum atomic E-state index is -0.684. The highest BCUT2D eigenvalue weighted by atomic mass is 16.5. The molecule has 242 valence electrons. The molecule has 0 heterocycles. The van der Waals surface area contributed by atoms with Crippen LogP contribution in [0.5, 0.6) is 0 Å². The number of nitriles is 1. The van der Waals surface area contributed by atoms with Gasteiger partial charge in [-0.3, -0.25) is 19.2 Å². The Morgan fingerprint density at radius 2 is 1.70 bits per heavy atom. The highest BCUT2D eigenvalue weighted by Gasteiger charge is 2.63. The normalized spacial score (nSPS) is 37.5. The van der Waals surface area contributed by atoms with Crippen LogP contribution in [0.25, 0.3) is 0 Å². The van der Waals surface area contributed by atoms with Crippen molar-refractivity contribution in [2.24, 2.45) is 44.3 Å². The minimum Gasteiger partial charge on any atom is -0.468 e. The number of carbonyl (C=O) groups is 4. The summed E-state index contributed by atoms with van der Waals surface area (Å²) in [6.07, 6.45) is 12.0. The van der Waals surface area contributed by atoms with Gasteiger partial charge in [0.05, 0.1) is 12.7 Å². The molecule has 44 heavy (non-hydrogen) atoms. The van der Waals surface area contributed by atoms with Crippen molar-refractivity contribution in [2.75, 3.05) is 13.7 Å². The van der Waals surface area contributed by atoms with E-state index in [9.17, 15) is 24.4 Å². The SMILES string of the molecule is COC(=O)CNC(=O)CC[C@]1(CC[C@]2(C)CC(=O)C=C3[C@@]4(C)C=C(C#N)C(=O)C(C)(C)[C@@H]4CC[C@]32C)CCC(C)(C)CC1C. The Morgan fingerprint density at radius 3 is 2.32 bits per heavy atom. The van der Waals surface area contributed by atoms with E-state index in [-0.39, 0.29) is 57.2 Å². The van der Waals surface area contributed by atoms with Crippen LogP contribution in [0.1, 0.15) is 120 Å². The molecule has 1 N–H and O–H groups in total. The summed E-state index contributed by atoms with van der Waals surface area (Å²) in [6.45, 7) is 17.5. The molecule has 0 aromatic rings. The van der Waals surface area contributed by atoms with Crippen LogP contribution in [0.3, 0.4) is 0 Å². The molecule has 0 aromatic carbocycles. The van der Waals surface area contributed by atoms with Crippen molar-refractivity contribution in [3.05, 3.63) is 23.3 Å². The van der Waals surface area contributed by atoms with Gasteiger partial charge < -0.3 is 10.1 Å². The van der Waals surface area contributed by atoms with Gasteiger partial charge in [0.2, 0.25) is 5.91 Å². The molecule has 6 atom stereocenters. The number of fused-ring (bicyclic) bond motifs is 3. The Morgan fingerprint density at radius 1 is 1.02 bits per heavy atom. The Kier molecular flexibility index (Phi) is 8.96. The first-order chi connectivity index (χ1) is 20.3. The Hall–Kier alpha value is -2.75. The van der Waals surface area contributed by atoms with E-state index in [4.69, 9.17) is 0 Å². The number of carbonyl (C=O) groups excluding carboxylic acids is 4. The van der Waals surface area contributed by atoms with Crippen molar-refractivity contribution < 1.29 is 23.9 Å². The van der Waals surface area contributed by atoms with Gasteiger partial charge in [0.25, 0.3) is 0 Å². The molecule has 0 saturated heterocycles. The number of Topliss-reactive ketones (excluding diaryl/α,β-unsaturated/α-hetero) is 1. The number of ketones is 2. The summed E-state index contributed by atoms with van der Waals surface area (Å²) in [5.74, 6) is -0.141. The lowest BCUT2D eigenvalue weighted by Crippen LogP contribution is -2.58. The molecule has 0 bridgehead atoms. The first-order valence-electron chi connectivity index (χ1n) is 16.6. The Bertz CT molecular complexity index is 1330. The molecule has 7 nitrogen and oxygen atoms in total. The zero-order valence-electron chi connectivity index (χ0n) is 28.6. The molecule has 4 aliphatic rings. The monoisotopic (exact) mass is 606 g/mol. The fourth-order valence-corrected chi connectivity index (χ4v) is 10.1. The van der Waals surface area contributed by atoms with Crippen LogP contribution in [0.15, 0.2) is 23.3 Å². The van der Waals surface area contributed by atoms with Gasteiger partial charge in [-0.1, -0.05) is 67.0 Å². The third kappa shape index (κ3) is 5.71. The van der Waals surface area contributed by atoms with Gasteiger partial charge in [-0.2, -0.15) is 5.26 Å². The molecule has 0 radical (unpaired) electrons. The van der Waals surface area contributed by atoms with Crippen LogP contribution in [0, 0.1) is 55.7 Å². The first kappa shape index (κ1) is 34.1. The van der Waals surface area contributed by atoms with Crippen LogP contribution in [-0.4, -0.2) is 37.1 Å². The lowest BCUT2D eigenvalue weighted by Gasteiger charge is -2.63. The second kappa shape index (κ2) is 11.6. The minimum absolute atomic E-state index is 0.0181. The second-order valence-corrected chi connectivity index (χ2v) is 16.7. The third-order valence-corrected chi connectivity index (χ3v) is 13.2. The van der Waals surface area contributed by atoms with Crippen molar-refractivity contribution >= 4 is 23.4 Å². The van der Waals surface area contributed by atoms with Crippen LogP contribution < -0.4 is 5.32 Å². The molecule has 0 aromatic heterocycles. The van der Waals surface area contributed by atoms with Gasteiger partial charge in [-0.15, -0.1) is 0 Å². The van der Waals surface area contributed by atoms with Gasteiger partial charge in [-0.25, -0.2) is 0 Å². The topological polar surface area (TPSA) is 113 Å². The van der Waals surface area contributed by atoms with E-state index in [1.165, 1.54) is 7.11 Å². The number of nitrogens with zero attached hydrogens (tertiary/aromatic N) is 1. The number of rotatable bonds is 8. The number of allylic oxidation sites excluding steroid dienone is 4. The van der Waals surface area contributed by atoms with E-state index < -0.39 is 16.8 Å². The number of ether oxygens (including phenoxy) is 1. The van der Waals surface area contributed by atoms with Gasteiger partial charge in [0.15, 0.2) is 11.6 Å². The Labute approximate surface area is 264 Å². The molecule has 4 aliphatic carbocycles. The van der Waals surface area contributed by atoms with Crippen molar-refractivity contribution in [3.63, 3.8) is 0 Å². The average molecular weight is 607 g/mol. The standard InChI is InChI=1S/C37H54N2O5/c1-24-19-32(2,3)14-16-37(24,13-11-29(41)39-23-30(42)44-9)17-15-34(6)21-26(40)18-28-35(7)20-25(22-38)31(43)33(4,5)27(35)10-12-36(28,34)8/h18,20,24,27H,10-17,19,21,23H2,1-9H3,(H,39,41)/t24?,27-,34+,35-,36+,37+/m0/s1. The average Bonchev–Trinajstić information content (AvgIpc) is 2.94. The van der Waals surface area contributed by atoms with E-state index in [1.807, 2.05) is 26.0 Å². The van der Waals surface area contributed by atoms with E-state index in [0.717, 1.165) is 56.9 Å². The van der Waals surface area contributed by atoms with Crippen LogP contribution in [0.4, 0.5) is 0 Å². The van der Waals surface area contributed by atoms with Gasteiger partial charge >= 0.3 is 5.97 Å². The van der Waals surface area contributed by atoms with Gasteiger partial charge in [-0.05, 0) is 90.9 Å². The number of hydrogen-bond donors (Lipinski definition) is 1. The summed E-state index contributed by atoms with van der Waals surface area (Å²) in [5.41, 5.74) is -0.316. The molecule has 2 saturated carbocycles. The molecular weight excluding hydrogens is 552 g/mol. The fraction of sp³-hybridized carbons (Fsp3) is 0.757. The van der Waals surface area contributed by atoms with E-state index in [0.29, 0.717) is 18.8 Å². The highest BCUT2D eigenvalue weighted by Crippen LogP contribution is 2.69. The van der Waals surface area contributed by atoms with Crippen LogP contribution >= 0.6 is 0 Å². The lowest BCUT2D eigenvalue weighted by molar-refractivity contribution is -0.141. The van der Waals surface area contributed by atoms with Crippen LogP contribution in [0.2, 0.25) is 0 Å². The smallest absolute Gasteiger partial charge is 0.325 e. The molecular formula is C37H54N2O5. The maximum atomic E-state index is 13.6. The number of hydrogen-bond acceptors (Lipinski definition) is 6. The van der Waals surface area contributed by atoms with Crippen molar-refractivity contribution in [1.29, 1.82) is 5.26 Å². The third-order valence-electron chi connectivity index (χ3n) is 13.2. The summed E-state index contributed by atoms with van der Waals surface area (Å²) in [5, 5.41) is 12.6. The summed E-state index contributed by atoms with van der Waals surface area (Å²) in [6, 6.07) is 2.17. The first-order valence-corrected chi connectivity index (χ1v) is 16.6. The largest absolute Gasteiger partial charge is 0.468 e. The molecule has 1 amide bonds. The maximum absolute atomic E-state index is 13.6. The van der Waals surface area contributed by atoms with E-state index in [1.54, 1.807) is 0 Å². The zero-order valence-corrected chi connectivity index (χ0v) is 28.6. The van der Waals surface area contributed by atoms with Gasteiger partial charge in [0.1, 0.15) is 12.6 Å². The quantitative estimate of drug-likeness (QED) is 0.296. The van der Waals surface area contributed by atoms with Crippen molar-refractivity contribution in [2.45, 2.75) is 120 Å². The molecule has 0 aliphatic heterocycles. The highest BCUT2D eigenvalue weighted by molar-refractivity contribution is 6.04. The van der Waals surface area contributed by atoms with E-state index >= 15 is 0 Å². The second-order valence-electron chi connectivity index (χ2n) is 16.7. The Balaban J connectivity index is 1.65. The summed E-state index contributed by atoms with van der Waals surface area (Å²) in [4.78, 5) is 51.3. The summed E-state index contributed by atoms with van der Waals surface area (Å²) >= 11 is 0. The molecule has 1 unspecified atom stereocenters. The number of amides is 1.